The van der Waals surface area contributed by atoms with Crippen molar-refractivity contribution in [3.8, 4) is 11.5 Å². The van der Waals surface area contributed by atoms with Gasteiger partial charge in [-0.3, -0.25) is 9.10 Å². The van der Waals surface area contributed by atoms with Crippen LogP contribution in [0.15, 0.2) is 47.4 Å². The summed E-state index contributed by atoms with van der Waals surface area (Å²) in [6, 6.07) is 11.5. The van der Waals surface area contributed by atoms with Crippen molar-refractivity contribution in [2.75, 3.05) is 38.2 Å². The van der Waals surface area contributed by atoms with Gasteiger partial charge in [0, 0.05) is 19.2 Å². The maximum atomic E-state index is 13.7. The first-order valence-corrected chi connectivity index (χ1v) is 11.5. The highest BCUT2D eigenvalue weighted by atomic mass is 32.2. The van der Waals surface area contributed by atoms with Crippen LogP contribution in [0.3, 0.4) is 0 Å². The maximum Gasteiger partial charge on any atom is 0.268 e. The SMILES string of the molecule is COc1cccc(N(CC(=O)NC[C@@H]2CCCO2)S(=O)(=O)c2cc(C)ccc2OC)c1. The van der Waals surface area contributed by atoms with Gasteiger partial charge >= 0.3 is 0 Å². The van der Waals surface area contributed by atoms with E-state index in [-0.39, 0.29) is 23.3 Å². The number of aryl methyl sites for hydroxylation is 1. The molecular formula is C22H28N2O6S. The molecule has 1 fully saturated rings. The molecular weight excluding hydrogens is 420 g/mol. The van der Waals surface area contributed by atoms with Crippen LogP contribution in [0.5, 0.6) is 11.5 Å². The molecule has 2 aromatic carbocycles. The topological polar surface area (TPSA) is 94.2 Å². The summed E-state index contributed by atoms with van der Waals surface area (Å²) < 4.78 is 44.4. The van der Waals surface area contributed by atoms with Crippen LogP contribution in [0.2, 0.25) is 0 Å². The number of carbonyl (C=O) groups excluding carboxylic acids is 1. The summed E-state index contributed by atoms with van der Waals surface area (Å²) in [5.41, 5.74) is 1.07. The lowest BCUT2D eigenvalue weighted by atomic mass is 10.2. The van der Waals surface area contributed by atoms with Crippen LogP contribution < -0.4 is 19.1 Å². The highest BCUT2D eigenvalue weighted by molar-refractivity contribution is 7.93. The highest BCUT2D eigenvalue weighted by Crippen LogP contribution is 2.32. The van der Waals surface area contributed by atoms with E-state index in [1.165, 1.54) is 20.3 Å². The zero-order valence-corrected chi connectivity index (χ0v) is 18.8. The van der Waals surface area contributed by atoms with Gasteiger partial charge in [0.05, 0.1) is 26.0 Å². The average molecular weight is 449 g/mol. The van der Waals surface area contributed by atoms with Gasteiger partial charge < -0.3 is 19.5 Å². The first kappa shape index (κ1) is 22.9. The zero-order chi connectivity index (χ0) is 22.4. The number of sulfonamides is 1. The van der Waals surface area contributed by atoms with Crippen LogP contribution >= 0.6 is 0 Å². The first-order chi connectivity index (χ1) is 14.8. The van der Waals surface area contributed by atoms with Gasteiger partial charge in [-0.25, -0.2) is 8.42 Å². The Bertz CT molecular complexity index is 1020. The number of benzene rings is 2. The third-order valence-corrected chi connectivity index (χ3v) is 6.86. The summed E-state index contributed by atoms with van der Waals surface area (Å²) >= 11 is 0. The van der Waals surface area contributed by atoms with Crippen LogP contribution in [0.25, 0.3) is 0 Å². The van der Waals surface area contributed by atoms with Crippen LogP contribution in [-0.2, 0) is 19.6 Å². The quantitative estimate of drug-likeness (QED) is 0.634. The Morgan fingerprint density at radius 2 is 2.00 bits per heavy atom. The molecule has 168 valence electrons. The number of hydrogen-bond acceptors (Lipinski definition) is 6. The lowest BCUT2D eigenvalue weighted by Crippen LogP contribution is -2.43. The molecule has 0 aliphatic carbocycles. The third-order valence-electron chi connectivity index (χ3n) is 5.07. The molecule has 31 heavy (non-hydrogen) atoms. The Kier molecular flexibility index (Phi) is 7.40. The van der Waals surface area contributed by atoms with Crippen LogP contribution in [0.4, 0.5) is 5.69 Å². The molecule has 9 heteroatoms. The minimum absolute atomic E-state index is 0.00949. The van der Waals surface area contributed by atoms with Crippen molar-refractivity contribution in [3.63, 3.8) is 0 Å². The molecule has 0 aromatic heterocycles. The van der Waals surface area contributed by atoms with E-state index >= 15 is 0 Å². The molecule has 0 saturated carbocycles. The molecule has 1 heterocycles. The molecule has 8 nitrogen and oxygen atoms in total. The average Bonchev–Trinajstić information content (AvgIpc) is 3.29. The standard InChI is InChI=1S/C22H28N2O6S/c1-16-9-10-20(29-3)21(12-16)31(26,27)24(17-6-4-7-18(13-17)28-2)15-22(25)23-14-19-8-5-11-30-19/h4,6-7,9-10,12-13,19H,5,8,11,14-15H2,1-3H3,(H,23,25)/t19-/m0/s1. The second-order valence-electron chi connectivity index (χ2n) is 7.31. The number of methoxy groups -OCH3 is 2. The molecule has 0 spiro atoms. The summed E-state index contributed by atoms with van der Waals surface area (Å²) in [7, 11) is -1.21. The lowest BCUT2D eigenvalue weighted by molar-refractivity contribution is -0.120. The molecule has 1 aliphatic rings. The van der Waals surface area contributed by atoms with Crippen molar-refractivity contribution in [1.82, 2.24) is 5.32 Å². The Morgan fingerprint density at radius 1 is 1.19 bits per heavy atom. The van der Waals surface area contributed by atoms with Gasteiger partial charge in [0.15, 0.2) is 0 Å². The minimum atomic E-state index is -4.12. The fourth-order valence-electron chi connectivity index (χ4n) is 3.40. The monoisotopic (exact) mass is 448 g/mol. The van der Waals surface area contributed by atoms with E-state index in [0.717, 1.165) is 22.7 Å². The van der Waals surface area contributed by atoms with E-state index in [0.29, 0.717) is 24.6 Å². The number of carbonyl (C=O) groups is 1. The van der Waals surface area contributed by atoms with Gasteiger partial charge in [-0.15, -0.1) is 0 Å². The van der Waals surface area contributed by atoms with Crippen LogP contribution in [-0.4, -0.2) is 54.3 Å². The second-order valence-corrected chi connectivity index (χ2v) is 9.14. The molecule has 1 N–H and O–H groups in total. The Labute approximate surface area is 183 Å². The first-order valence-electron chi connectivity index (χ1n) is 10.0. The van der Waals surface area contributed by atoms with Gasteiger partial charge in [0.2, 0.25) is 5.91 Å². The van der Waals surface area contributed by atoms with E-state index in [4.69, 9.17) is 14.2 Å². The minimum Gasteiger partial charge on any atom is -0.497 e. The molecule has 0 radical (unpaired) electrons. The number of nitrogens with zero attached hydrogens (tertiary/aromatic N) is 1. The zero-order valence-electron chi connectivity index (χ0n) is 18.0. The fraction of sp³-hybridized carbons (Fsp3) is 0.409. The van der Waals surface area contributed by atoms with E-state index in [1.807, 2.05) is 0 Å². The normalized spacial score (nSPS) is 16.0. The van der Waals surface area contributed by atoms with Gasteiger partial charge in [0.25, 0.3) is 10.0 Å². The predicted molar refractivity (Wildman–Crippen MR) is 117 cm³/mol. The van der Waals surface area contributed by atoms with Gasteiger partial charge in [-0.2, -0.15) is 0 Å². The summed E-state index contributed by atoms with van der Waals surface area (Å²) in [5.74, 6) is 0.264. The molecule has 0 unspecified atom stereocenters. The van der Waals surface area contributed by atoms with Crippen molar-refractivity contribution in [3.05, 3.63) is 48.0 Å². The van der Waals surface area contributed by atoms with E-state index in [1.54, 1.807) is 43.3 Å². The van der Waals surface area contributed by atoms with E-state index < -0.39 is 15.9 Å². The number of amides is 1. The van der Waals surface area contributed by atoms with Crippen LogP contribution in [0, 0.1) is 6.92 Å². The Balaban J connectivity index is 1.94. The maximum absolute atomic E-state index is 13.7. The van der Waals surface area contributed by atoms with Crippen LogP contribution in [0.1, 0.15) is 18.4 Å². The second kappa shape index (κ2) is 10.0. The molecule has 1 amide bonds. The molecule has 1 atom stereocenters. The van der Waals surface area contributed by atoms with Crippen molar-refractivity contribution in [1.29, 1.82) is 0 Å². The highest BCUT2D eigenvalue weighted by Gasteiger charge is 2.30. The lowest BCUT2D eigenvalue weighted by Gasteiger charge is -2.25. The molecule has 1 saturated heterocycles. The van der Waals surface area contributed by atoms with E-state index in [2.05, 4.69) is 5.32 Å². The molecule has 3 rings (SSSR count). The Morgan fingerprint density at radius 3 is 2.68 bits per heavy atom. The third kappa shape index (κ3) is 5.48. The molecule has 2 aromatic rings. The summed E-state index contributed by atoms with van der Waals surface area (Å²) in [6.45, 7) is 2.43. The largest absolute Gasteiger partial charge is 0.497 e. The number of nitrogens with one attached hydrogen (secondary N) is 1. The van der Waals surface area contributed by atoms with Crippen molar-refractivity contribution in [2.45, 2.75) is 30.8 Å². The van der Waals surface area contributed by atoms with Crippen molar-refractivity contribution in [2.24, 2.45) is 0 Å². The number of ether oxygens (including phenoxy) is 3. The van der Waals surface area contributed by atoms with Gasteiger partial charge in [-0.05, 0) is 49.6 Å². The number of rotatable bonds is 9. The fourth-order valence-corrected chi connectivity index (χ4v) is 5.06. The number of anilines is 1. The summed E-state index contributed by atoms with van der Waals surface area (Å²) in [6.07, 6.45) is 1.79. The summed E-state index contributed by atoms with van der Waals surface area (Å²) in [5, 5.41) is 2.78. The Hall–Kier alpha value is -2.78. The molecule has 1 aliphatic heterocycles. The van der Waals surface area contributed by atoms with Crippen molar-refractivity contribution >= 4 is 21.6 Å². The molecule has 0 bridgehead atoms. The predicted octanol–water partition coefficient (Wildman–Crippen LogP) is 2.50. The van der Waals surface area contributed by atoms with Gasteiger partial charge in [0.1, 0.15) is 22.9 Å². The van der Waals surface area contributed by atoms with Crippen molar-refractivity contribution < 1.29 is 27.4 Å². The summed E-state index contributed by atoms with van der Waals surface area (Å²) in [4.78, 5) is 12.7. The van der Waals surface area contributed by atoms with Gasteiger partial charge in [-0.1, -0.05) is 12.1 Å². The number of hydrogen-bond donors (Lipinski definition) is 1. The van der Waals surface area contributed by atoms with E-state index in [9.17, 15) is 13.2 Å². The smallest absolute Gasteiger partial charge is 0.268 e.